The molecule has 7 heteroatoms. The van der Waals surface area contributed by atoms with Crippen LogP contribution in [0.4, 0.5) is 9.52 Å². The molecule has 1 heterocycles. The number of thiazole rings is 1. The second-order valence-corrected chi connectivity index (χ2v) is 6.41. The van der Waals surface area contributed by atoms with Gasteiger partial charge in [0.15, 0.2) is 5.13 Å². The summed E-state index contributed by atoms with van der Waals surface area (Å²) in [7, 11) is 0. The molecule has 0 radical (unpaired) electrons. The number of rotatable bonds is 2. The summed E-state index contributed by atoms with van der Waals surface area (Å²) in [4.78, 5) is 17.6. The molecular weight excluding hydrogens is 313 g/mol. The van der Waals surface area contributed by atoms with Crippen molar-refractivity contribution in [3.63, 3.8) is 0 Å². The minimum atomic E-state index is -0.617. The molecule has 1 aromatic carbocycles. The molecule has 0 spiro atoms. The van der Waals surface area contributed by atoms with Crippen LogP contribution >= 0.6 is 22.9 Å². The first-order chi connectivity index (χ1) is 10.0. The van der Waals surface area contributed by atoms with E-state index in [1.54, 1.807) is 0 Å². The summed E-state index contributed by atoms with van der Waals surface area (Å²) in [6, 6.07) is 4.29. The number of aryl methyl sites for hydroxylation is 1. The van der Waals surface area contributed by atoms with Crippen LogP contribution in [0.5, 0.6) is 0 Å². The van der Waals surface area contributed by atoms with Gasteiger partial charge in [-0.05, 0) is 31.4 Å². The van der Waals surface area contributed by atoms with Gasteiger partial charge in [-0.3, -0.25) is 10.1 Å². The average molecular weight is 326 g/mol. The Morgan fingerprint density at radius 2 is 2.33 bits per heavy atom. The lowest BCUT2D eigenvalue weighted by Crippen LogP contribution is -2.27. The minimum Gasteiger partial charge on any atom is -0.327 e. The van der Waals surface area contributed by atoms with Crippen molar-refractivity contribution < 1.29 is 9.18 Å². The number of amides is 1. The Kier molecular flexibility index (Phi) is 3.93. The molecule has 1 aliphatic rings. The van der Waals surface area contributed by atoms with E-state index >= 15 is 0 Å². The zero-order chi connectivity index (χ0) is 15.0. The number of nitrogens with zero attached hydrogens (tertiary/aromatic N) is 1. The molecule has 0 saturated carbocycles. The molecule has 1 amide bonds. The first-order valence-electron chi connectivity index (χ1n) is 6.54. The highest BCUT2D eigenvalue weighted by Gasteiger charge is 2.21. The third kappa shape index (κ3) is 2.92. The summed E-state index contributed by atoms with van der Waals surface area (Å²) in [5.41, 5.74) is 7.01. The molecule has 3 N–H and O–H groups in total. The molecule has 110 valence electrons. The van der Waals surface area contributed by atoms with Crippen LogP contribution in [-0.4, -0.2) is 16.9 Å². The summed E-state index contributed by atoms with van der Waals surface area (Å²) < 4.78 is 13.4. The Labute approximate surface area is 130 Å². The van der Waals surface area contributed by atoms with Crippen molar-refractivity contribution in [2.24, 2.45) is 5.73 Å². The van der Waals surface area contributed by atoms with E-state index in [-0.39, 0.29) is 16.6 Å². The average Bonchev–Trinajstić information content (AvgIpc) is 2.83. The number of benzene rings is 1. The Balaban J connectivity index is 1.81. The molecule has 0 bridgehead atoms. The minimum absolute atomic E-state index is 0.0986. The molecule has 1 aliphatic carbocycles. The van der Waals surface area contributed by atoms with E-state index in [0.29, 0.717) is 5.13 Å². The van der Waals surface area contributed by atoms with Gasteiger partial charge in [-0.25, -0.2) is 9.37 Å². The van der Waals surface area contributed by atoms with E-state index in [9.17, 15) is 9.18 Å². The van der Waals surface area contributed by atoms with E-state index in [4.69, 9.17) is 17.3 Å². The Morgan fingerprint density at radius 1 is 1.52 bits per heavy atom. The first kappa shape index (κ1) is 14.4. The number of hydrogen-bond acceptors (Lipinski definition) is 4. The van der Waals surface area contributed by atoms with Crippen LogP contribution < -0.4 is 11.1 Å². The zero-order valence-electron chi connectivity index (χ0n) is 11.0. The number of aromatic nitrogens is 1. The van der Waals surface area contributed by atoms with Crippen LogP contribution in [-0.2, 0) is 12.8 Å². The second kappa shape index (κ2) is 5.71. The van der Waals surface area contributed by atoms with Gasteiger partial charge in [0.05, 0.1) is 16.3 Å². The number of nitrogens with two attached hydrogens (primary N) is 1. The highest BCUT2D eigenvalue weighted by molar-refractivity contribution is 7.15. The molecule has 4 nitrogen and oxygen atoms in total. The summed E-state index contributed by atoms with van der Waals surface area (Å²) >= 11 is 7.22. The van der Waals surface area contributed by atoms with E-state index in [1.165, 1.54) is 29.5 Å². The van der Waals surface area contributed by atoms with Crippen LogP contribution in [0, 0.1) is 5.82 Å². The fourth-order valence-electron chi connectivity index (χ4n) is 2.30. The van der Waals surface area contributed by atoms with Gasteiger partial charge < -0.3 is 5.73 Å². The van der Waals surface area contributed by atoms with Crippen molar-refractivity contribution in [1.29, 1.82) is 0 Å². The topological polar surface area (TPSA) is 68.0 Å². The predicted molar refractivity (Wildman–Crippen MR) is 81.5 cm³/mol. The van der Waals surface area contributed by atoms with Crippen LogP contribution in [0.15, 0.2) is 18.2 Å². The highest BCUT2D eigenvalue weighted by atomic mass is 35.5. The van der Waals surface area contributed by atoms with Crippen molar-refractivity contribution in [3.05, 3.63) is 45.2 Å². The first-order valence-corrected chi connectivity index (χ1v) is 7.73. The van der Waals surface area contributed by atoms with Crippen molar-refractivity contribution in [2.75, 3.05) is 5.32 Å². The highest BCUT2D eigenvalue weighted by Crippen LogP contribution is 2.30. The number of fused-ring (bicyclic) bond motifs is 1. The second-order valence-electron chi connectivity index (χ2n) is 4.95. The largest absolute Gasteiger partial charge is 0.327 e. The van der Waals surface area contributed by atoms with Crippen LogP contribution in [0.1, 0.15) is 27.3 Å². The monoisotopic (exact) mass is 325 g/mol. The summed E-state index contributed by atoms with van der Waals surface area (Å²) in [5, 5.41) is 2.99. The van der Waals surface area contributed by atoms with Gasteiger partial charge in [0.2, 0.25) is 0 Å². The molecule has 0 saturated heterocycles. The van der Waals surface area contributed by atoms with Gasteiger partial charge in [0, 0.05) is 10.9 Å². The maximum atomic E-state index is 13.4. The molecule has 3 rings (SSSR count). The molecule has 2 aromatic rings. The maximum absolute atomic E-state index is 13.4. The van der Waals surface area contributed by atoms with Gasteiger partial charge in [-0.15, -0.1) is 11.3 Å². The number of anilines is 1. The lowest BCUT2D eigenvalue weighted by Gasteiger charge is -2.15. The smallest absolute Gasteiger partial charge is 0.259 e. The van der Waals surface area contributed by atoms with E-state index in [1.807, 2.05) is 0 Å². The fourth-order valence-corrected chi connectivity index (χ4v) is 3.61. The van der Waals surface area contributed by atoms with Crippen molar-refractivity contribution in [2.45, 2.75) is 25.3 Å². The van der Waals surface area contributed by atoms with E-state index < -0.39 is 11.7 Å². The third-order valence-electron chi connectivity index (χ3n) is 3.39. The number of carbonyl (C=O) groups is 1. The van der Waals surface area contributed by atoms with Gasteiger partial charge in [-0.2, -0.15) is 0 Å². The lowest BCUT2D eigenvalue weighted by molar-refractivity contribution is 0.102. The summed E-state index contributed by atoms with van der Waals surface area (Å²) in [5.74, 6) is -1.08. The number of halogens is 2. The molecular formula is C14H13ClFN3OS. The van der Waals surface area contributed by atoms with Crippen molar-refractivity contribution in [1.82, 2.24) is 4.98 Å². The van der Waals surface area contributed by atoms with E-state index in [0.717, 1.165) is 29.8 Å². The third-order valence-corrected chi connectivity index (χ3v) is 4.81. The van der Waals surface area contributed by atoms with Crippen LogP contribution in [0.3, 0.4) is 0 Å². The maximum Gasteiger partial charge on any atom is 0.259 e. The Hall–Kier alpha value is -1.50. The quantitative estimate of drug-likeness (QED) is 0.892. The molecule has 1 aromatic heterocycles. The summed E-state index contributed by atoms with van der Waals surface area (Å²) in [6.45, 7) is 0. The molecule has 0 unspecified atom stereocenters. The van der Waals surface area contributed by atoms with Gasteiger partial charge in [0.1, 0.15) is 5.82 Å². The van der Waals surface area contributed by atoms with Gasteiger partial charge in [0.25, 0.3) is 5.91 Å². The van der Waals surface area contributed by atoms with Crippen molar-refractivity contribution in [3.8, 4) is 0 Å². The molecule has 1 atom stereocenters. The standard InChI is InChI=1S/C14H13ClFN3OS/c15-12-8(2-1-3-9(12)16)13(20)19-14-18-10-5-4-7(17)6-11(10)21-14/h1-3,7H,4-6,17H2,(H,18,19,20)/t7-/m0/s1. The SMILES string of the molecule is N[C@H]1CCc2nc(NC(=O)c3cccc(F)c3Cl)sc2C1. The lowest BCUT2D eigenvalue weighted by atomic mass is 9.99. The van der Waals surface area contributed by atoms with Crippen molar-refractivity contribution >= 4 is 34.0 Å². The fraction of sp³-hybridized carbons (Fsp3) is 0.286. The predicted octanol–water partition coefficient (Wildman–Crippen LogP) is 3.00. The van der Waals surface area contributed by atoms with Crippen LogP contribution in [0.2, 0.25) is 5.02 Å². The normalized spacial score (nSPS) is 17.4. The Bertz CT molecular complexity index is 704. The Morgan fingerprint density at radius 3 is 3.14 bits per heavy atom. The zero-order valence-corrected chi connectivity index (χ0v) is 12.6. The van der Waals surface area contributed by atoms with Gasteiger partial charge >= 0.3 is 0 Å². The van der Waals surface area contributed by atoms with Crippen LogP contribution in [0.25, 0.3) is 0 Å². The number of hydrogen-bond donors (Lipinski definition) is 2. The molecule has 0 aliphatic heterocycles. The molecule has 0 fully saturated rings. The number of nitrogens with one attached hydrogen (secondary N) is 1. The number of carbonyl (C=O) groups excluding carboxylic acids is 1. The van der Waals surface area contributed by atoms with Gasteiger partial charge in [-0.1, -0.05) is 17.7 Å². The van der Waals surface area contributed by atoms with E-state index in [2.05, 4.69) is 10.3 Å². The molecule has 21 heavy (non-hydrogen) atoms. The summed E-state index contributed by atoms with van der Waals surface area (Å²) in [6.07, 6.45) is 2.51.